The number of anilines is 1. The topological polar surface area (TPSA) is 96.5 Å². The van der Waals surface area contributed by atoms with Crippen LogP contribution in [0.4, 0.5) is 5.69 Å². The van der Waals surface area contributed by atoms with Crippen molar-refractivity contribution in [3.63, 3.8) is 0 Å². The van der Waals surface area contributed by atoms with Crippen LogP contribution >= 0.6 is 0 Å². The van der Waals surface area contributed by atoms with Crippen molar-refractivity contribution in [2.45, 2.75) is 23.8 Å². The van der Waals surface area contributed by atoms with E-state index in [2.05, 4.69) is 15.4 Å². The Morgan fingerprint density at radius 1 is 1.19 bits per heavy atom. The van der Waals surface area contributed by atoms with Crippen molar-refractivity contribution >= 4 is 21.6 Å². The van der Waals surface area contributed by atoms with Crippen LogP contribution in [0.3, 0.4) is 0 Å². The van der Waals surface area contributed by atoms with Crippen LogP contribution in [0.1, 0.15) is 23.2 Å². The summed E-state index contributed by atoms with van der Waals surface area (Å²) in [4.78, 5) is 12.3. The zero-order chi connectivity index (χ0) is 19.3. The Labute approximate surface area is 159 Å². The fraction of sp³-hybridized carbons (Fsp3) is 0.316. The van der Waals surface area contributed by atoms with Crippen molar-refractivity contribution < 1.29 is 17.9 Å². The van der Waals surface area contributed by atoms with Crippen LogP contribution in [0.5, 0.6) is 5.75 Å². The summed E-state index contributed by atoms with van der Waals surface area (Å²) in [5.74, 6) is 0.211. The average Bonchev–Trinajstić information content (AvgIpc) is 3.20. The van der Waals surface area contributed by atoms with E-state index in [4.69, 9.17) is 4.74 Å². The van der Waals surface area contributed by atoms with Crippen LogP contribution in [0, 0.1) is 0 Å². The Morgan fingerprint density at radius 3 is 2.59 bits per heavy atom. The van der Waals surface area contributed by atoms with Gasteiger partial charge in [0.15, 0.2) is 0 Å². The predicted molar refractivity (Wildman–Crippen MR) is 104 cm³/mol. The van der Waals surface area contributed by atoms with E-state index in [1.165, 1.54) is 31.4 Å². The first-order valence-corrected chi connectivity index (χ1v) is 10.3. The van der Waals surface area contributed by atoms with E-state index >= 15 is 0 Å². The number of rotatable bonds is 7. The number of ether oxygens (including phenoxy) is 1. The van der Waals surface area contributed by atoms with Crippen LogP contribution in [0.15, 0.2) is 53.4 Å². The van der Waals surface area contributed by atoms with E-state index < -0.39 is 10.0 Å². The molecular formula is C19H23N3O4S. The van der Waals surface area contributed by atoms with Gasteiger partial charge in [-0.2, -0.15) is 0 Å². The van der Waals surface area contributed by atoms with Gasteiger partial charge in [-0.25, -0.2) is 8.42 Å². The van der Waals surface area contributed by atoms with E-state index in [0.29, 0.717) is 29.6 Å². The largest absolute Gasteiger partial charge is 0.495 e. The molecule has 1 amide bonds. The third-order valence-electron chi connectivity index (χ3n) is 4.45. The highest BCUT2D eigenvalue weighted by Gasteiger charge is 2.18. The number of hydrogen-bond donors (Lipinski definition) is 3. The minimum atomic E-state index is -3.79. The van der Waals surface area contributed by atoms with Crippen molar-refractivity contribution in [2.24, 2.45) is 0 Å². The second-order valence-electron chi connectivity index (χ2n) is 6.33. The maximum absolute atomic E-state index is 12.6. The second kappa shape index (κ2) is 8.41. The van der Waals surface area contributed by atoms with Crippen molar-refractivity contribution in [1.82, 2.24) is 10.6 Å². The summed E-state index contributed by atoms with van der Waals surface area (Å²) in [6, 6.07) is 12.9. The third-order valence-corrected chi connectivity index (χ3v) is 5.83. The van der Waals surface area contributed by atoms with Crippen LogP contribution in [0.25, 0.3) is 0 Å². The standard InChI is InChI=1S/C19H23N3O4S/c1-26-18-7-3-2-6-17(18)22-27(24,25)16-10-8-14(9-11-16)19(23)21-13-15-5-4-12-20-15/h2-3,6-11,15,20,22H,4-5,12-13H2,1H3,(H,21,23). The highest BCUT2D eigenvalue weighted by atomic mass is 32.2. The number of sulfonamides is 1. The summed E-state index contributed by atoms with van der Waals surface area (Å²) in [6.07, 6.45) is 2.17. The van der Waals surface area contributed by atoms with Crippen LogP contribution in [-0.4, -0.2) is 40.6 Å². The van der Waals surface area contributed by atoms with Gasteiger partial charge in [0.05, 0.1) is 17.7 Å². The molecule has 1 fully saturated rings. The molecule has 2 aromatic carbocycles. The first kappa shape index (κ1) is 19.2. The van der Waals surface area contributed by atoms with E-state index in [9.17, 15) is 13.2 Å². The molecule has 3 rings (SSSR count). The van der Waals surface area contributed by atoms with Crippen LogP contribution in [0.2, 0.25) is 0 Å². The molecule has 8 heteroatoms. The molecule has 144 valence electrons. The fourth-order valence-corrected chi connectivity index (χ4v) is 4.04. The number of carbonyl (C=O) groups is 1. The molecular weight excluding hydrogens is 366 g/mol. The van der Waals surface area contributed by atoms with Crippen molar-refractivity contribution in [1.29, 1.82) is 0 Å². The van der Waals surface area contributed by atoms with Crippen molar-refractivity contribution in [2.75, 3.05) is 24.9 Å². The minimum absolute atomic E-state index is 0.0717. The maximum Gasteiger partial charge on any atom is 0.262 e. The molecule has 1 atom stereocenters. The van der Waals surface area contributed by atoms with Gasteiger partial charge in [-0.15, -0.1) is 0 Å². The number of methoxy groups -OCH3 is 1. The number of nitrogens with one attached hydrogen (secondary N) is 3. The normalized spacial score (nSPS) is 16.7. The smallest absolute Gasteiger partial charge is 0.262 e. The molecule has 7 nitrogen and oxygen atoms in total. The second-order valence-corrected chi connectivity index (χ2v) is 8.02. The molecule has 0 bridgehead atoms. The van der Waals surface area contributed by atoms with Gasteiger partial charge in [0, 0.05) is 18.2 Å². The van der Waals surface area contributed by atoms with Gasteiger partial charge in [0.25, 0.3) is 15.9 Å². The highest BCUT2D eigenvalue weighted by Crippen LogP contribution is 2.26. The summed E-state index contributed by atoms with van der Waals surface area (Å²) in [5, 5.41) is 6.18. The van der Waals surface area contributed by atoms with Crippen LogP contribution in [-0.2, 0) is 10.0 Å². The van der Waals surface area contributed by atoms with E-state index in [0.717, 1.165) is 19.4 Å². The zero-order valence-electron chi connectivity index (χ0n) is 15.1. The summed E-state index contributed by atoms with van der Waals surface area (Å²) in [6.45, 7) is 1.54. The number of carbonyl (C=O) groups excluding carboxylic acids is 1. The number of hydrogen-bond acceptors (Lipinski definition) is 5. The van der Waals surface area contributed by atoms with Crippen molar-refractivity contribution in [3.05, 3.63) is 54.1 Å². The number of para-hydroxylation sites is 2. The van der Waals surface area contributed by atoms with Gasteiger partial charge in [-0.05, 0) is 55.8 Å². The molecule has 1 aliphatic rings. The lowest BCUT2D eigenvalue weighted by atomic mass is 10.2. The molecule has 3 N–H and O–H groups in total. The molecule has 0 saturated carbocycles. The molecule has 2 aromatic rings. The minimum Gasteiger partial charge on any atom is -0.495 e. The Balaban J connectivity index is 1.67. The van der Waals surface area contributed by atoms with Crippen molar-refractivity contribution in [3.8, 4) is 5.75 Å². The average molecular weight is 389 g/mol. The molecule has 1 unspecified atom stereocenters. The quantitative estimate of drug-likeness (QED) is 0.673. The Hall–Kier alpha value is -2.58. The summed E-state index contributed by atoms with van der Waals surface area (Å²) in [7, 11) is -2.31. The summed E-state index contributed by atoms with van der Waals surface area (Å²) < 4.78 is 32.8. The molecule has 27 heavy (non-hydrogen) atoms. The first-order valence-electron chi connectivity index (χ1n) is 8.77. The number of benzene rings is 2. The SMILES string of the molecule is COc1ccccc1NS(=O)(=O)c1ccc(C(=O)NCC2CCCN2)cc1. The van der Waals surface area contributed by atoms with Gasteiger partial charge in [0.2, 0.25) is 0 Å². The molecule has 0 spiro atoms. The van der Waals surface area contributed by atoms with Gasteiger partial charge in [0.1, 0.15) is 5.75 Å². The lowest BCUT2D eigenvalue weighted by molar-refractivity contribution is 0.0950. The first-order chi connectivity index (χ1) is 13.0. The van der Waals surface area contributed by atoms with Gasteiger partial charge in [-0.3, -0.25) is 9.52 Å². The Morgan fingerprint density at radius 2 is 1.93 bits per heavy atom. The summed E-state index contributed by atoms with van der Waals surface area (Å²) >= 11 is 0. The molecule has 1 aliphatic heterocycles. The Kier molecular flexibility index (Phi) is 5.98. The third kappa shape index (κ3) is 4.78. The Bertz CT molecular complexity index is 891. The highest BCUT2D eigenvalue weighted by molar-refractivity contribution is 7.92. The monoisotopic (exact) mass is 389 g/mol. The van der Waals surface area contributed by atoms with E-state index in [1.54, 1.807) is 24.3 Å². The number of amides is 1. The summed E-state index contributed by atoms with van der Waals surface area (Å²) in [5.41, 5.74) is 0.773. The molecule has 1 heterocycles. The zero-order valence-corrected chi connectivity index (χ0v) is 15.9. The lowest BCUT2D eigenvalue weighted by Crippen LogP contribution is -2.37. The fourth-order valence-electron chi connectivity index (χ4n) is 2.97. The van der Waals surface area contributed by atoms with E-state index in [-0.39, 0.29) is 10.8 Å². The molecule has 1 saturated heterocycles. The molecule has 0 radical (unpaired) electrons. The molecule has 0 aromatic heterocycles. The van der Waals surface area contributed by atoms with Crippen LogP contribution < -0.4 is 20.1 Å². The van der Waals surface area contributed by atoms with E-state index in [1.807, 2.05) is 0 Å². The van der Waals surface area contributed by atoms with Gasteiger partial charge < -0.3 is 15.4 Å². The predicted octanol–water partition coefficient (Wildman–Crippen LogP) is 1.98. The van der Waals surface area contributed by atoms with Gasteiger partial charge in [-0.1, -0.05) is 12.1 Å². The maximum atomic E-state index is 12.6. The van der Waals surface area contributed by atoms with Gasteiger partial charge >= 0.3 is 0 Å². The lowest BCUT2D eigenvalue weighted by Gasteiger charge is -2.13. The molecule has 0 aliphatic carbocycles.